The van der Waals surface area contributed by atoms with Gasteiger partial charge in [-0.25, -0.2) is 8.42 Å². The van der Waals surface area contributed by atoms with E-state index in [1.807, 2.05) is 11.9 Å². The van der Waals surface area contributed by atoms with Crippen molar-refractivity contribution < 1.29 is 13.2 Å². The van der Waals surface area contributed by atoms with E-state index in [0.29, 0.717) is 11.3 Å². The van der Waals surface area contributed by atoms with E-state index in [-0.39, 0.29) is 11.2 Å². The van der Waals surface area contributed by atoms with Gasteiger partial charge < -0.3 is 9.80 Å². The molecule has 2 fully saturated rings. The normalized spacial score (nSPS) is 20.3. The van der Waals surface area contributed by atoms with Crippen LogP contribution < -0.4 is 4.72 Å². The van der Waals surface area contributed by atoms with E-state index in [9.17, 15) is 13.2 Å². The molecule has 1 N–H and O–H groups in total. The van der Waals surface area contributed by atoms with Crippen molar-refractivity contribution in [1.82, 2.24) is 9.80 Å². The molecule has 0 unspecified atom stereocenters. The van der Waals surface area contributed by atoms with Gasteiger partial charge in [-0.2, -0.15) is 0 Å². The second-order valence-corrected chi connectivity index (χ2v) is 8.69. The lowest BCUT2D eigenvalue weighted by Gasteiger charge is -2.32. The molecule has 7 heteroatoms. The Morgan fingerprint density at radius 3 is 2.21 bits per heavy atom. The SMILES string of the molecule is CN1CCN(C(=O)c2ccc(NS(=O)(=O)C3CCCC3)cc2)CC1. The molecule has 0 spiro atoms. The van der Waals surface area contributed by atoms with Crippen LogP contribution in [0.2, 0.25) is 0 Å². The van der Waals surface area contributed by atoms with E-state index in [1.165, 1.54) is 0 Å². The molecule has 1 saturated carbocycles. The number of sulfonamides is 1. The number of rotatable bonds is 4. The number of likely N-dealkylation sites (N-methyl/N-ethyl adjacent to an activating group) is 1. The Hall–Kier alpha value is -1.60. The molecule has 0 aromatic heterocycles. The predicted molar refractivity (Wildman–Crippen MR) is 94.6 cm³/mol. The lowest BCUT2D eigenvalue weighted by molar-refractivity contribution is 0.0664. The Labute approximate surface area is 143 Å². The van der Waals surface area contributed by atoms with Crippen molar-refractivity contribution in [3.63, 3.8) is 0 Å². The second kappa shape index (κ2) is 7.11. The van der Waals surface area contributed by atoms with Crippen molar-refractivity contribution in [2.75, 3.05) is 37.9 Å². The highest BCUT2D eigenvalue weighted by molar-refractivity contribution is 7.93. The lowest BCUT2D eigenvalue weighted by Crippen LogP contribution is -2.47. The van der Waals surface area contributed by atoms with E-state index in [1.54, 1.807) is 24.3 Å². The molecule has 0 bridgehead atoms. The van der Waals surface area contributed by atoms with E-state index in [2.05, 4.69) is 9.62 Å². The molecule has 1 saturated heterocycles. The van der Waals surface area contributed by atoms with Gasteiger partial charge in [0, 0.05) is 37.4 Å². The average Bonchev–Trinajstić information content (AvgIpc) is 3.11. The molecular weight excluding hydrogens is 326 g/mol. The fourth-order valence-electron chi connectivity index (χ4n) is 3.32. The zero-order valence-corrected chi connectivity index (χ0v) is 14.9. The largest absolute Gasteiger partial charge is 0.336 e. The Kier molecular flexibility index (Phi) is 5.10. The van der Waals surface area contributed by atoms with E-state index in [0.717, 1.165) is 51.9 Å². The first-order chi connectivity index (χ1) is 11.5. The summed E-state index contributed by atoms with van der Waals surface area (Å²) < 4.78 is 27.3. The minimum Gasteiger partial charge on any atom is -0.336 e. The average molecular weight is 351 g/mol. The van der Waals surface area contributed by atoms with E-state index < -0.39 is 10.0 Å². The van der Waals surface area contributed by atoms with Gasteiger partial charge in [-0.15, -0.1) is 0 Å². The fraction of sp³-hybridized carbons (Fsp3) is 0.588. The maximum absolute atomic E-state index is 12.5. The molecule has 24 heavy (non-hydrogen) atoms. The van der Waals surface area contributed by atoms with E-state index >= 15 is 0 Å². The maximum atomic E-state index is 12.5. The molecule has 0 radical (unpaired) electrons. The first-order valence-electron chi connectivity index (χ1n) is 8.55. The summed E-state index contributed by atoms with van der Waals surface area (Å²) in [6.07, 6.45) is 3.42. The first kappa shape index (κ1) is 17.2. The summed E-state index contributed by atoms with van der Waals surface area (Å²) in [5, 5.41) is -0.288. The van der Waals surface area contributed by atoms with Gasteiger partial charge in [-0.3, -0.25) is 9.52 Å². The molecule has 1 aromatic carbocycles. The summed E-state index contributed by atoms with van der Waals surface area (Å²) in [6.45, 7) is 3.22. The molecule has 6 nitrogen and oxygen atoms in total. The van der Waals surface area contributed by atoms with Crippen LogP contribution in [0.1, 0.15) is 36.0 Å². The number of carbonyl (C=O) groups is 1. The summed E-state index contributed by atoms with van der Waals surface area (Å²) in [5.41, 5.74) is 1.13. The number of amides is 1. The predicted octanol–water partition coefficient (Wildman–Crippen LogP) is 1.76. The summed E-state index contributed by atoms with van der Waals surface area (Å²) in [5.74, 6) is 0.00769. The van der Waals surface area contributed by atoms with Crippen LogP contribution in [0, 0.1) is 0 Å². The van der Waals surface area contributed by atoms with Crippen molar-refractivity contribution in [3.8, 4) is 0 Å². The summed E-state index contributed by atoms with van der Waals surface area (Å²) in [6, 6.07) is 6.76. The highest BCUT2D eigenvalue weighted by Gasteiger charge is 2.28. The molecule has 132 valence electrons. The Bertz CT molecular complexity index is 674. The van der Waals surface area contributed by atoms with Gasteiger partial charge in [0.25, 0.3) is 5.91 Å². The molecule has 3 rings (SSSR count). The lowest BCUT2D eigenvalue weighted by atomic mass is 10.1. The van der Waals surface area contributed by atoms with E-state index in [4.69, 9.17) is 0 Å². The van der Waals surface area contributed by atoms with Crippen LogP contribution in [0.5, 0.6) is 0 Å². The number of nitrogens with zero attached hydrogens (tertiary/aromatic N) is 2. The topological polar surface area (TPSA) is 69.7 Å². The van der Waals surface area contributed by atoms with Crippen molar-refractivity contribution in [2.45, 2.75) is 30.9 Å². The molecule has 1 amide bonds. The number of piperazine rings is 1. The molecule has 1 aliphatic heterocycles. The van der Waals surface area contributed by atoms with Gasteiger partial charge >= 0.3 is 0 Å². The standard InChI is InChI=1S/C17H25N3O3S/c1-19-10-12-20(13-11-19)17(21)14-6-8-15(9-7-14)18-24(22,23)16-4-2-3-5-16/h6-9,16,18H,2-5,10-13H2,1H3. The van der Waals surface area contributed by atoms with Crippen molar-refractivity contribution >= 4 is 21.6 Å². The smallest absolute Gasteiger partial charge is 0.253 e. The monoisotopic (exact) mass is 351 g/mol. The minimum absolute atomic E-state index is 0.00769. The van der Waals surface area contributed by atoms with Gasteiger partial charge in [-0.1, -0.05) is 12.8 Å². The number of anilines is 1. The molecule has 1 aromatic rings. The third-order valence-corrected chi connectivity index (χ3v) is 6.79. The van der Waals surface area contributed by atoms with Gasteiger partial charge in [0.1, 0.15) is 0 Å². The Morgan fingerprint density at radius 2 is 1.62 bits per heavy atom. The fourth-order valence-corrected chi connectivity index (χ4v) is 4.90. The van der Waals surface area contributed by atoms with Crippen LogP contribution >= 0.6 is 0 Å². The minimum atomic E-state index is -3.32. The number of hydrogen-bond acceptors (Lipinski definition) is 4. The van der Waals surface area contributed by atoms with Crippen LogP contribution in [-0.2, 0) is 10.0 Å². The second-order valence-electron chi connectivity index (χ2n) is 6.73. The molecule has 1 heterocycles. The van der Waals surface area contributed by atoms with Gasteiger partial charge in [0.15, 0.2) is 0 Å². The number of benzene rings is 1. The maximum Gasteiger partial charge on any atom is 0.253 e. The zero-order valence-electron chi connectivity index (χ0n) is 14.1. The van der Waals surface area contributed by atoms with Gasteiger partial charge in [-0.05, 0) is 44.2 Å². The van der Waals surface area contributed by atoms with Gasteiger partial charge in [0.2, 0.25) is 10.0 Å². The number of carbonyl (C=O) groups excluding carboxylic acids is 1. The molecular formula is C17H25N3O3S. The van der Waals surface area contributed by atoms with Gasteiger partial charge in [0.05, 0.1) is 5.25 Å². The zero-order chi connectivity index (χ0) is 17.2. The van der Waals surface area contributed by atoms with Crippen LogP contribution in [0.25, 0.3) is 0 Å². The Balaban J connectivity index is 1.64. The van der Waals surface area contributed by atoms with Crippen LogP contribution in [0.4, 0.5) is 5.69 Å². The van der Waals surface area contributed by atoms with Crippen molar-refractivity contribution in [3.05, 3.63) is 29.8 Å². The molecule has 2 aliphatic rings. The summed E-state index contributed by atoms with van der Waals surface area (Å²) in [4.78, 5) is 16.5. The number of nitrogens with one attached hydrogen (secondary N) is 1. The summed E-state index contributed by atoms with van der Waals surface area (Å²) in [7, 11) is -1.27. The number of hydrogen-bond donors (Lipinski definition) is 1. The van der Waals surface area contributed by atoms with Crippen LogP contribution in [0.15, 0.2) is 24.3 Å². The highest BCUT2D eigenvalue weighted by Crippen LogP contribution is 2.26. The third kappa shape index (κ3) is 3.89. The highest BCUT2D eigenvalue weighted by atomic mass is 32.2. The quantitative estimate of drug-likeness (QED) is 0.897. The molecule has 0 atom stereocenters. The van der Waals surface area contributed by atoms with Crippen LogP contribution in [-0.4, -0.2) is 62.6 Å². The van der Waals surface area contributed by atoms with Crippen molar-refractivity contribution in [1.29, 1.82) is 0 Å². The third-order valence-electron chi connectivity index (χ3n) is 4.92. The molecule has 1 aliphatic carbocycles. The van der Waals surface area contributed by atoms with Crippen LogP contribution in [0.3, 0.4) is 0 Å². The Morgan fingerprint density at radius 1 is 1.04 bits per heavy atom. The summed E-state index contributed by atoms with van der Waals surface area (Å²) >= 11 is 0. The first-order valence-corrected chi connectivity index (χ1v) is 10.1. The van der Waals surface area contributed by atoms with Crippen molar-refractivity contribution in [2.24, 2.45) is 0 Å².